The fourth-order valence-electron chi connectivity index (χ4n) is 2.97. The molecule has 2 amide bonds. The molecule has 0 aromatic heterocycles. The van der Waals surface area contributed by atoms with Crippen molar-refractivity contribution in [1.29, 1.82) is 0 Å². The molecule has 1 aliphatic rings. The minimum absolute atomic E-state index is 0.0645. The summed E-state index contributed by atoms with van der Waals surface area (Å²) in [6.45, 7) is 1.99. The number of carbonyl (C=O) groups is 2. The van der Waals surface area contributed by atoms with Crippen LogP contribution in [0.25, 0.3) is 0 Å². The van der Waals surface area contributed by atoms with Gasteiger partial charge in [0, 0.05) is 11.6 Å². The smallest absolute Gasteiger partial charge is 0.264 e. The van der Waals surface area contributed by atoms with E-state index >= 15 is 0 Å². The number of nitrogens with one attached hydrogen (secondary N) is 1. The van der Waals surface area contributed by atoms with Crippen LogP contribution in [0, 0.1) is 0 Å². The van der Waals surface area contributed by atoms with Crippen LogP contribution in [-0.4, -0.2) is 37.2 Å². The Hall–Kier alpha value is -2.38. The van der Waals surface area contributed by atoms with Gasteiger partial charge in [-0.25, -0.2) is 13.1 Å². The summed E-state index contributed by atoms with van der Waals surface area (Å²) in [7, 11) is -4.04. The van der Waals surface area contributed by atoms with Crippen LogP contribution < -0.4 is 4.72 Å². The first-order chi connectivity index (χ1) is 12.7. The first-order valence-electron chi connectivity index (χ1n) is 8.39. The molecule has 2 aromatic rings. The predicted octanol–water partition coefficient (Wildman–Crippen LogP) is 2.38. The Bertz CT molecular complexity index is 961. The van der Waals surface area contributed by atoms with Gasteiger partial charge in [-0.05, 0) is 43.2 Å². The number of carbonyl (C=O) groups excluding carboxylic acids is 2. The van der Waals surface area contributed by atoms with Gasteiger partial charge in [0.2, 0.25) is 5.91 Å². The van der Waals surface area contributed by atoms with Gasteiger partial charge >= 0.3 is 0 Å². The fraction of sp³-hybridized carbons (Fsp3) is 0.263. The molecule has 2 aromatic carbocycles. The van der Waals surface area contributed by atoms with Crippen LogP contribution in [0.5, 0.6) is 0 Å². The van der Waals surface area contributed by atoms with Crippen LogP contribution in [0.3, 0.4) is 0 Å². The van der Waals surface area contributed by atoms with Crippen molar-refractivity contribution in [3.63, 3.8) is 0 Å². The lowest BCUT2D eigenvalue weighted by Crippen LogP contribution is -2.68. The number of hydrogen-bond donors (Lipinski definition) is 1. The Balaban J connectivity index is 1.71. The van der Waals surface area contributed by atoms with Gasteiger partial charge in [-0.2, -0.15) is 0 Å². The summed E-state index contributed by atoms with van der Waals surface area (Å²) in [5, 5.41) is 0.393. The van der Waals surface area contributed by atoms with E-state index in [2.05, 4.69) is 4.72 Å². The number of sulfonamides is 1. The van der Waals surface area contributed by atoms with Crippen molar-refractivity contribution in [2.24, 2.45) is 0 Å². The molecule has 1 N–H and O–H groups in total. The highest BCUT2D eigenvalue weighted by Crippen LogP contribution is 2.32. The summed E-state index contributed by atoms with van der Waals surface area (Å²) in [6.07, 6.45) is 0.559. The third-order valence-corrected chi connectivity index (χ3v) is 6.36. The number of hydrogen-bond acceptors (Lipinski definition) is 4. The largest absolute Gasteiger partial charge is 0.328 e. The van der Waals surface area contributed by atoms with Gasteiger partial charge in [0.25, 0.3) is 15.9 Å². The lowest BCUT2D eigenvalue weighted by atomic mass is 9.85. The topological polar surface area (TPSA) is 83.6 Å². The van der Waals surface area contributed by atoms with Crippen molar-refractivity contribution in [2.75, 3.05) is 6.54 Å². The zero-order valence-electron chi connectivity index (χ0n) is 14.7. The Morgan fingerprint density at radius 2 is 1.74 bits per heavy atom. The molecule has 142 valence electrons. The minimum atomic E-state index is -4.04. The highest BCUT2D eigenvalue weighted by atomic mass is 35.5. The summed E-state index contributed by atoms with van der Waals surface area (Å²) in [5.41, 5.74) is -0.350. The van der Waals surface area contributed by atoms with E-state index in [1.54, 1.807) is 6.92 Å². The Kier molecular flexibility index (Phi) is 5.26. The summed E-state index contributed by atoms with van der Waals surface area (Å²) < 4.78 is 26.9. The van der Waals surface area contributed by atoms with Crippen molar-refractivity contribution in [3.05, 3.63) is 65.2 Å². The third kappa shape index (κ3) is 3.99. The molecule has 1 aliphatic heterocycles. The zero-order chi connectivity index (χ0) is 19.7. The van der Waals surface area contributed by atoms with Crippen molar-refractivity contribution in [1.82, 2.24) is 9.62 Å². The van der Waals surface area contributed by atoms with Crippen LogP contribution in [0.2, 0.25) is 5.02 Å². The average Bonchev–Trinajstić information content (AvgIpc) is 2.60. The second-order valence-corrected chi connectivity index (χ2v) is 8.74. The van der Waals surface area contributed by atoms with E-state index in [1.165, 1.54) is 29.2 Å². The Morgan fingerprint density at radius 3 is 2.30 bits per heavy atom. The van der Waals surface area contributed by atoms with Crippen molar-refractivity contribution in [3.8, 4) is 0 Å². The lowest BCUT2D eigenvalue weighted by molar-refractivity contribution is -0.156. The molecule has 1 saturated heterocycles. The van der Waals surface area contributed by atoms with E-state index in [4.69, 9.17) is 11.6 Å². The van der Waals surface area contributed by atoms with Crippen molar-refractivity contribution < 1.29 is 18.0 Å². The Labute approximate surface area is 163 Å². The monoisotopic (exact) mass is 406 g/mol. The predicted molar refractivity (Wildman–Crippen MR) is 102 cm³/mol. The van der Waals surface area contributed by atoms with Crippen LogP contribution in [0.15, 0.2) is 59.5 Å². The normalized spacial score (nSPS) is 19.3. The molecular weight excluding hydrogens is 388 g/mol. The van der Waals surface area contributed by atoms with E-state index in [0.717, 1.165) is 5.56 Å². The van der Waals surface area contributed by atoms with E-state index in [9.17, 15) is 18.0 Å². The van der Waals surface area contributed by atoms with Crippen LogP contribution in [0.1, 0.15) is 18.9 Å². The summed E-state index contributed by atoms with van der Waals surface area (Å²) in [4.78, 5) is 26.6. The number of nitrogens with zero attached hydrogens (tertiary/aromatic N) is 1. The second-order valence-electron chi connectivity index (χ2n) is 6.62. The zero-order valence-corrected chi connectivity index (χ0v) is 16.3. The maximum absolute atomic E-state index is 12.7. The Morgan fingerprint density at radius 1 is 1.11 bits per heavy atom. The quantitative estimate of drug-likeness (QED) is 0.826. The summed E-state index contributed by atoms with van der Waals surface area (Å²) >= 11 is 5.77. The summed E-state index contributed by atoms with van der Waals surface area (Å²) in [5.74, 6) is -0.931. The average molecular weight is 407 g/mol. The molecule has 0 aliphatic carbocycles. The van der Waals surface area contributed by atoms with Gasteiger partial charge in [-0.15, -0.1) is 0 Å². The molecular formula is C19H19ClN2O4S. The standard InChI is InChI=1S/C19H19ClN2O4S/c1-19(11-12-22(19)17(23)13-14-5-3-2-4-6-14)18(24)21-27(25,26)16-9-7-15(20)8-10-16/h2-10H,11-13H2,1H3,(H,21,24). The first kappa shape index (κ1) is 19.4. The molecule has 3 rings (SSSR count). The summed E-state index contributed by atoms with van der Waals surface area (Å²) in [6, 6.07) is 14.7. The molecule has 8 heteroatoms. The van der Waals surface area contributed by atoms with Gasteiger partial charge in [0.15, 0.2) is 0 Å². The molecule has 0 spiro atoms. The van der Waals surface area contributed by atoms with Gasteiger partial charge in [0.05, 0.1) is 11.3 Å². The highest BCUT2D eigenvalue weighted by Gasteiger charge is 2.50. The number of halogens is 1. The molecule has 0 saturated carbocycles. The van der Waals surface area contributed by atoms with E-state index < -0.39 is 21.5 Å². The van der Waals surface area contributed by atoms with Gasteiger partial charge in [0.1, 0.15) is 5.54 Å². The van der Waals surface area contributed by atoms with E-state index in [-0.39, 0.29) is 17.2 Å². The van der Waals surface area contributed by atoms with Gasteiger partial charge in [-0.1, -0.05) is 41.9 Å². The molecule has 0 bridgehead atoms. The molecule has 1 atom stereocenters. The number of likely N-dealkylation sites (tertiary alicyclic amines) is 1. The fourth-order valence-corrected chi connectivity index (χ4v) is 4.17. The SMILES string of the molecule is CC1(C(=O)NS(=O)(=O)c2ccc(Cl)cc2)CCN1C(=O)Cc1ccccc1. The maximum Gasteiger partial charge on any atom is 0.264 e. The minimum Gasteiger partial charge on any atom is -0.328 e. The lowest BCUT2D eigenvalue weighted by Gasteiger charge is -2.49. The molecule has 1 unspecified atom stereocenters. The molecule has 27 heavy (non-hydrogen) atoms. The van der Waals surface area contributed by atoms with Crippen molar-refractivity contribution >= 4 is 33.4 Å². The second kappa shape index (κ2) is 7.32. The van der Waals surface area contributed by atoms with E-state index in [0.29, 0.717) is 18.0 Å². The first-order valence-corrected chi connectivity index (χ1v) is 10.3. The van der Waals surface area contributed by atoms with Crippen LogP contribution >= 0.6 is 11.6 Å². The molecule has 1 heterocycles. The van der Waals surface area contributed by atoms with Gasteiger partial charge in [-0.3, -0.25) is 9.59 Å². The maximum atomic E-state index is 12.7. The number of benzene rings is 2. The molecule has 1 fully saturated rings. The van der Waals surface area contributed by atoms with Crippen molar-refractivity contribution in [2.45, 2.75) is 30.2 Å². The van der Waals surface area contributed by atoms with Gasteiger partial charge < -0.3 is 4.90 Å². The highest BCUT2D eigenvalue weighted by molar-refractivity contribution is 7.90. The third-order valence-electron chi connectivity index (χ3n) is 4.76. The molecule has 6 nitrogen and oxygen atoms in total. The van der Waals surface area contributed by atoms with E-state index in [1.807, 2.05) is 30.3 Å². The number of rotatable bonds is 5. The number of amides is 2. The van der Waals surface area contributed by atoms with Crippen LogP contribution in [-0.2, 0) is 26.0 Å². The molecule has 0 radical (unpaired) electrons. The van der Waals surface area contributed by atoms with Crippen LogP contribution in [0.4, 0.5) is 0 Å².